The fourth-order valence-electron chi connectivity index (χ4n) is 5.24. The molecule has 2 fully saturated rings. The number of carbonyl (C=O) groups excluding carboxylic acids is 3. The van der Waals surface area contributed by atoms with Crippen molar-refractivity contribution < 1.29 is 23.9 Å². The highest BCUT2D eigenvalue weighted by atomic mass is 16.6. The van der Waals surface area contributed by atoms with Gasteiger partial charge in [-0.3, -0.25) is 14.5 Å². The number of amides is 2. The van der Waals surface area contributed by atoms with Gasteiger partial charge in [-0.15, -0.1) is 0 Å². The van der Waals surface area contributed by atoms with Crippen molar-refractivity contribution in [3.05, 3.63) is 29.3 Å². The predicted octanol–water partition coefficient (Wildman–Crippen LogP) is 2.98. The van der Waals surface area contributed by atoms with E-state index >= 15 is 0 Å². The highest BCUT2D eigenvalue weighted by molar-refractivity contribution is 5.95. The lowest BCUT2D eigenvalue weighted by Gasteiger charge is -2.34. The SMILES string of the molecule is COC(=O)CCC1CCC(N2CC(OC(C)=O)N(c3ccc4c(c3)CCNC4)C2=O)CC1. The maximum atomic E-state index is 13.5. The van der Waals surface area contributed by atoms with E-state index < -0.39 is 6.23 Å². The van der Waals surface area contributed by atoms with E-state index in [4.69, 9.17) is 9.47 Å². The lowest BCUT2D eigenvalue weighted by molar-refractivity contribution is -0.145. The lowest BCUT2D eigenvalue weighted by atomic mass is 9.83. The number of benzene rings is 1. The van der Waals surface area contributed by atoms with Crippen LogP contribution >= 0.6 is 0 Å². The summed E-state index contributed by atoms with van der Waals surface area (Å²) in [5, 5.41) is 3.36. The Kier molecular flexibility index (Phi) is 6.98. The van der Waals surface area contributed by atoms with Crippen LogP contribution in [0.3, 0.4) is 0 Å². The lowest BCUT2D eigenvalue weighted by Crippen LogP contribution is -2.41. The molecule has 1 N–H and O–H groups in total. The van der Waals surface area contributed by atoms with Gasteiger partial charge >= 0.3 is 18.0 Å². The highest BCUT2D eigenvalue weighted by Gasteiger charge is 2.44. The van der Waals surface area contributed by atoms with Crippen LogP contribution in [0.25, 0.3) is 0 Å². The molecule has 32 heavy (non-hydrogen) atoms. The summed E-state index contributed by atoms with van der Waals surface area (Å²) in [6.45, 7) is 3.52. The van der Waals surface area contributed by atoms with Gasteiger partial charge in [-0.25, -0.2) is 4.79 Å². The molecule has 1 saturated carbocycles. The minimum absolute atomic E-state index is 0.0943. The number of urea groups is 1. The van der Waals surface area contributed by atoms with Crippen molar-refractivity contribution in [1.29, 1.82) is 0 Å². The fourth-order valence-corrected chi connectivity index (χ4v) is 5.24. The quantitative estimate of drug-likeness (QED) is 0.680. The minimum Gasteiger partial charge on any atom is -0.469 e. The minimum atomic E-state index is -0.614. The van der Waals surface area contributed by atoms with Gasteiger partial charge < -0.3 is 19.7 Å². The average Bonchev–Trinajstić information content (AvgIpc) is 3.12. The van der Waals surface area contributed by atoms with Crippen molar-refractivity contribution in [2.24, 2.45) is 5.92 Å². The third-order valence-corrected chi connectivity index (χ3v) is 6.99. The summed E-state index contributed by atoms with van der Waals surface area (Å²) >= 11 is 0. The molecular weight excluding hydrogens is 410 g/mol. The van der Waals surface area contributed by atoms with Crippen molar-refractivity contribution in [1.82, 2.24) is 10.2 Å². The van der Waals surface area contributed by atoms with Gasteiger partial charge in [0.25, 0.3) is 0 Å². The third kappa shape index (κ3) is 4.90. The van der Waals surface area contributed by atoms with E-state index in [-0.39, 0.29) is 24.0 Å². The average molecular weight is 444 g/mol. The molecule has 2 amide bonds. The van der Waals surface area contributed by atoms with Crippen molar-refractivity contribution in [2.75, 3.05) is 25.1 Å². The largest absolute Gasteiger partial charge is 0.469 e. The number of nitrogens with zero attached hydrogens (tertiary/aromatic N) is 2. The fraction of sp³-hybridized carbons (Fsp3) is 0.625. The molecule has 1 unspecified atom stereocenters. The summed E-state index contributed by atoms with van der Waals surface area (Å²) in [6.07, 6.45) is 5.34. The van der Waals surface area contributed by atoms with Crippen LogP contribution in [-0.4, -0.2) is 55.3 Å². The Morgan fingerprint density at radius 2 is 1.94 bits per heavy atom. The molecule has 2 heterocycles. The number of esters is 2. The van der Waals surface area contributed by atoms with Gasteiger partial charge in [0.2, 0.25) is 6.23 Å². The van der Waals surface area contributed by atoms with Gasteiger partial charge in [0.15, 0.2) is 0 Å². The van der Waals surface area contributed by atoms with Gasteiger partial charge in [-0.05, 0) is 74.2 Å². The van der Waals surface area contributed by atoms with E-state index in [9.17, 15) is 14.4 Å². The number of nitrogens with one attached hydrogen (secondary N) is 1. The number of hydrogen-bond acceptors (Lipinski definition) is 6. The standard InChI is InChI=1S/C24H33N3O5/c1-16(28)32-22-15-26(20-7-3-17(4-8-20)5-10-23(29)31-2)24(30)27(22)21-9-6-19-14-25-12-11-18(19)13-21/h6,9,13,17,20,22,25H,3-5,7-8,10-12,14-15H2,1-2H3. The van der Waals surface area contributed by atoms with Crippen LogP contribution in [0.1, 0.15) is 56.6 Å². The number of ether oxygens (including phenoxy) is 2. The molecule has 0 aromatic heterocycles. The maximum Gasteiger partial charge on any atom is 0.327 e. The Bertz CT molecular complexity index is 865. The Labute approximate surface area is 189 Å². The van der Waals surface area contributed by atoms with Crippen LogP contribution in [0, 0.1) is 5.92 Å². The molecule has 8 nitrogen and oxygen atoms in total. The third-order valence-electron chi connectivity index (χ3n) is 6.99. The van der Waals surface area contributed by atoms with Crippen LogP contribution in [-0.2, 0) is 32.0 Å². The second-order valence-corrected chi connectivity index (χ2v) is 9.04. The number of rotatable bonds is 6. The van der Waals surface area contributed by atoms with Gasteiger partial charge in [0.05, 0.1) is 13.7 Å². The Morgan fingerprint density at radius 3 is 2.66 bits per heavy atom. The molecular formula is C24H33N3O5. The Hall–Kier alpha value is -2.61. The molecule has 1 saturated heterocycles. The molecule has 4 rings (SSSR count). The summed E-state index contributed by atoms with van der Waals surface area (Å²) in [6, 6.07) is 6.11. The van der Waals surface area contributed by atoms with Gasteiger partial charge in [0.1, 0.15) is 0 Å². The van der Waals surface area contributed by atoms with Crippen LogP contribution in [0.5, 0.6) is 0 Å². The summed E-state index contributed by atoms with van der Waals surface area (Å²) in [7, 11) is 1.42. The van der Waals surface area contributed by atoms with Crippen LogP contribution in [0.15, 0.2) is 18.2 Å². The van der Waals surface area contributed by atoms with Crippen molar-refractivity contribution >= 4 is 23.7 Å². The van der Waals surface area contributed by atoms with Crippen LogP contribution in [0.2, 0.25) is 0 Å². The Balaban J connectivity index is 1.45. The molecule has 1 aromatic carbocycles. The normalized spacial score (nSPS) is 25.4. The van der Waals surface area contributed by atoms with E-state index in [1.54, 1.807) is 4.90 Å². The van der Waals surface area contributed by atoms with Gasteiger partial charge in [0, 0.05) is 31.6 Å². The van der Waals surface area contributed by atoms with E-state index in [2.05, 4.69) is 17.4 Å². The van der Waals surface area contributed by atoms with Crippen molar-refractivity contribution in [2.45, 2.75) is 70.7 Å². The smallest absolute Gasteiger partial charge is 0.327 e. The number of carbonyl (C=O) groups is 3. The molecule has 1 aliphatic carbocycles. The van der Waals surface area contributed by atoms with E-state index in [1.165, 1.54) is 25.2 Å². The predicted molar refractivity (Wildman–Crippen MR) is 119 cm³/mol. The molecule has 8 heteroatoms. The molecule has 0 bridgehead atoms. The van der Waals surface area contributed by atoms with Gasteiger partial charge in [-0.1, -0.05) is 6.07 Å². The summed E-state index contributed by atoms with van der Waals surface area (Å²) in [5.74, 6) is -0.0662. The maximum absolute atomic E-state index is 13.5. The first-order valence-corrected chi connectivity index (χ1v) is 11.6. The first kappa shape index (κ1) is 22.6. The summed E-state index contributed by atoms with van der Waals surface area (Å²) in [5.41, 5.74) is 3.27. The summed E-state index contributed by atoms with van der Waals surface area (Å²) < 4.78 is 10.3. The number of methoxy groups -OCH3 is 1. The number of fused-ring (bicyclic) bond motifs is 1. The van der Waals surface area contributed by atoms with Crippen molar-refractivity contribution in [3.8, 4) is 0 Å². The second-order valence-electron chi connectivity index (χ2n) is 9.04. The first-order valence-electron chi connectivity index (χ1n) is 11.6. The van der Waals surface area contributed by atoms with E-state index in [1.807, 2.05) is 11.0 Å². The number of anilines is 1. The van der Waals surface area contributed by atoms with E-state index in [0.717, 1.165) is 57.3 Å². The zero-order valence-electron chi connectivity index (χ0n) is 19.0. The van der Waals surface area contributed by atoms with Crippen LogP contribution in [0.4, 0.5) is 10.5 Å². The molecule has 174 valence electrons. The Morgan fingerprint density at radius 1 is 1.16 bits per heavy atom. The van der Waals surface area contributed by atoms with Crippen molar-refractivity contribution in [3.63, 3.8) is 0 Å². The topological polar surface area (TPSA) is 88.2 Å². The molecule has 1 atom stereocenters. The molecule has 3 aliphatic rings. The molecule has 1 aromatic rings. The molecule has 2 aliphatic heterocycles. The molecule has 0 radical (unpaired) electrons. The zero-order chi connectivity index (χ0) is 22.7. The number of hydrogen-bond donors (Lipinski definition) is 1. The van der Waals surface area contributed by atoms with Crippen LogP contribution < -0.4 is 10.2 Å². The van der Waals surface area contributed by atoms with E-state index in [0.29, 0.717) is 18.9 Å². The zero-order valence-corrected chi connectivity index (χ0v) is 19.0. The summed E-state index contributed by atoms with van der Waals surface area (Å²) in [4.78, 5) is 40.2. The van der Waals surface area contributed by atoms with Gasteiger partial charge in [-0.2, -0.15) is 0 Å². The highest BCUT2D eigenvalue weighted by Crippen LogP contribution is 2.35. The molecule has 0 spiro atoms. The monoisotopic (exact) mass is 443 g/mol. The second kappa shape index (κ2) is 9.90. The first-order chi connectivity index (χ1) is 15.5.